The van der Waals surface area contributed by atoms with E-state index in [-0.39, 0.29) is 17.7 Å². The zero-order valence-electron chi connectivity index (χ0n) is 10.8. The molecular weight excluding hydrogens is 218 g/mol. The van der Waals surface area contributed by atoms with Crippen molar-refractivity contribution in [3.63, 3.8) is 0 Å². The van der Waals surface area contributed by atoms with Crippen molar-refractivity contribution in [1.29, 1.82) is 0 Å². The third-order valence-corrected chi connectivity index (χ3v) is 3.60. The molecule has 0 saturated carbocycles. The van der Waals surface area contributed by atoms with Crippen LogP contribution in [0.4, 0.5) is 0 Å². The maximum atomic E-state index is 12.2. The predicted molar refractivity (Wildman–Crippen MR) is 65.6 cm³/mol. The summed E-state index contributed by atoms with van der Waals surface area (Å²) in [5, 5.41) is 8.91. The number of rotatable bonds is 6. The van der Waals surface area contributed by atoms with Crippen LogP contribution < -0.4 is 0 Å². The second-order valence-electron chi connectivity index (χ2n) is 4.86. The summed E-state index contributed by atoms with van der Waals surface area (Å²) in [5.41, 5.74) is 0. The summed E-state index contributed by atoms with van der Waals surface area (Å²) in [6.45, 7) is 5.16. The maximum Gasteiger partial charge on any atom is 0.308 e. The van der Waals surface area contributed by atoms with Crippen molar-refractivity contribution in [3.8, 4) is 0 Å². The zero-order valence-corrected chi connectivity index (χ0v) is 10.8. The van der Waals surface area contributed by atoms with Gasteiger partial charge in [0, 0.05) is 19.0 Å². The Kier molecular flexibility index (Phi) is 5.45. The van der Waals surface area contributed by atoms with Gasteiger partial charge in [-0.05, 0) is 19.3 Å². The number of hydrogen-bond donors (Lipinski definition) is 1. The maximum absolute atomic E-state index is 12.2. The summed E-state index contributed by atoms with van der Waals surface area (Å²) in [7, 11) is 0. The SMILES string of the molecule is CCCC[C@H](CC)C(=O)N1CC[C@H](C(=O)O)C1. The fraction of sp³-hybridized carbons (Fsp3) is 0.846. The van der Waals surface area contributed by atoms with Crippen molar-refractivity contribution in [3.05, 3.63) is 0 Å². The van der Waals surface area contributed by atoms with Gasteiger partial charge in [-0.2, -0.15) is 0 Å². The van der Waals surface area contributed by atoms with Crippen LogP contribution in [0.1, 0.15) is 46.0 Å². The van der Waals surface area contributed by atoms with Crippen LogP contribution in [0, 0.1) is 11.8 Å². The van der Waals surface area contributed by atoms with Gasteiger partial charge < -0.3 is 10.0 Å². The first-order valence-electron chi connectivity index (χ1n) is 6.61. The first-order valence-corrected chi connectivity index (χ1v) is 6.61. The summed E-state index contributed by atoms with van der Waals surface area (Å²) in [6.07, 6.45) is 4.56. The molecule has 4 heteroatoms. The Hall–Kier alpha value is -1.06. The van der Waals surface area contributed by atoms with Crippen LogP contribution >= 0.6 is 0 Å². The number of nitrogens with zero attached hydrogens (tertiary/aromatic N) is 1. The van der Waals surface area contributed by atoms with Gasteiger partial charge in [0.25, 0.3) is 0 Å². The second kappa shape index (κ2) is 6.62. The highest BCUT2D eigenvalue weighted by molar-refractivity contribution is 5.80. The van der Waals surface area contributed by atoms with Crippen LogP contribution in [0.3, 0.4) is 0 Å². The number of carboxylic acids is 1. The average Bonchev–Trinajstić information content (AvgIpc) is 2.79. The summed E-state index contributed by atoms with van der Waals surface area (Å²) in [5.74, 6) is -0.892. The van der Waals surface area contributed by atoms with Gasteiger partial charge in [-0.3, -0.25) is 9.59 Å². The molecule has 0 spiro atoms. The lowest BCUT2D eigenvalue weighted by Crippen LogP contribution is -2.35. The van der Waals surface area contributed by atoms with E-state index in [4.69, 9.17) is 5.11 Å². The highest BCUT2D eigenvalue weighted by Crippen LogP contribution is 2.22. The minimum Gasteiger partial charge on any atom is -0.481 e. The molecule has 1 aliphatic rings. The summed E-state index contributed by atoms with van der Waals surface area (Å²) in [6, 6.07) is 0. The molecule has 2 atom stereocenters. The zero-order chi connectivity index (χ0) is 12.8. The Morgan fingerprint density at radius 3 is 2.59 bits per heavy atom. The molecule has 1 saturated heterocycles. The number of amides is 1. The lowest BCUT2D eigenvalue weighted by molar-refractivity contribution is -0.141. The van der Waals surface area contributed by atoms with Crippen LogP contribution in [0.2, 0.25) is 0 Å². The smallest absolute Gasteiger partial charge is 0.308 e. The molecule has 0 aromatic carbocycles. The molecule has 1 heterocycles. The Bertz CT molecular complexity index is 278. The van der Waals surface area contributed by atoms with Gasteiger partial charge in [-0.1, -0.05) is 26.7 Å². The van der Waals surface area contributed by atoms with Crippen molar-refractivity contribution in [2.45, 2.75) is 46.0 Å². The quantitative estimate of drug-likeness (QED) is 0.775. The predicted octanol–water partition coefficient (Wildman–Crippen LogP) is 2.14. The molecule has 1 rings (SSSR count). The molecule has 4 nitrogen and oxygen atoms in total. The van der Waals surface area contributed by atoms with E-state index in [1.165, 1.54) is 0 Å². The monoisotopic (exact) mass is 241 g/mol. The molecule has 98 valence electrons. The van der Waals surface area contributed by atoms with Crippen LogP contribution in [0.15, 0.2) is 0 Å². The topological polar surface area (TPSA) is 57.6 Å². The van der Waals surface area contributed by atoms with E-state index in [1.54, 1.807) is 4.90 Å². The molecule has 17 heavy (non-hydrogen) atoms. The first kappa shape index (κ1) is 14.0. The molecule has 0 aromatic rings. The number of carbonyl (C=O) groups is 2. The van der Waals surface area contributed by atoms with E-state index < -0.39 is 5.97 Å². The normalized spacial score (nSPS) is 21.5. The van der Waals surface area contributed by atoms with Crippen molar-refractivity contribution in [2.24, 2.45) is 11.8 Å². The molecular formula is C13H23NO3. The molecule has 0 bridgehead atoms. The average molecular weight is 241 g/mol. The molecule has 0 aromatic heterocycles. The molecule has 1 aliphatic heterocycles. The third kappa shape index (κ3) is 3.72. The van der Waals surface area contributed by atoms with Crippen LogP contribution in [0.25, 0.3) is 0 Å². The van der Waals surface area contributed by atoms with E-state index >= 15 is 0 Å². The summed E-state index contributed by atoms with van der Waals surface area (Å²) >= 11 is 0. The number of aliphatic carboxylic acids is 1. The Balaban J connectivity index is 2.49. The van der Waals surface area contributed by atoms with Gasteiger partial charge in [0.2, 0.25) is 5.91 Å². The van der Waals surface area contributed by atoms with E-state index in [0.29, 0.717) is 19.5 Å². The Labute approximate surface area is 103 Å². The molecule has 0 radical (unpaired) electrons. The number of carbonyl (C=O) groups excluding carboxylic acids is 1. The largest absolute Gasteiger partial charge is 0.481 e. The number of carboxylic acid groups (broad SMARTS) is 1. The lowest BCUT2D eigenvalue weighted by Gasteiger charge is -2.22. The van der Waals surface area contributed by atoms with Crippen molar-refractivity contribution in [2.75, 3.05) is 13.1 Å². The van der Waals surface area contributed by atoms with E-state index in [1.807, 2.05) is 6.92 Å². The van der Waals surface area contributed by atoms with Crippen molar-refractivity contribution >= 4 is 11.9 Å². The third-order valence-electron chi connectivity index (χ3n) is 3.60. The second-order valence-corrected chi connectivity index (χ2v) is 4.86. The fourth-order valence-electron chi connectivity index (χ4n) is 2.37. The first-order chi connectivity index (χ1) is 8.10. The lowest BCUT2D eigenvalue weighted by atomic mass is 9.98. The minimum absolute atomic E-state index is 0.0856. The van der Waals surface area contributed by atoms with Crippen LogP contribution in [-0.2, 0) is 9.59 Å². The summed E-state index contributed by atoms with van der Waals surface area (Å²) in [4.78, 5) is 24.8. The van der Waals surface area contributed by atoms with Gasteiger partial charge >= 0.3 is 5.97 Å². The van der Waals surface area contributed by atoms with E-state index in [2.05, 4.69) is 6.92 Å². The minimum atomic E-state index is -0.776. The number of likely N-dealkylation sites (tertiary alicyclic amines) is 1. The molecule has 0 unspecified atom stereocenters. The highest BCUT2D eigenvalue weighted by Gasteiger charge is 2.33. The standard InChI is InChI=1S/C13H23NO3/c1-3-5-6-10(4-2)12(15)14-8-7-11(9-14)13(16)17/h10-11H,3-9H2,1-2H3,(H,16,17)/t10-,11-/m0/s1. The van der Waals surface area contributed by atoms with Gasteiger partial charge in [0.15, 0.2) is 0 Å². The number of unbranched alkanes of at least 4 members (excludes halogenated alkanes) is 1. The Morgan fingerprint density at radius 1 is 1.41 bits per heavy atom. The van der Waals surface area contributed by atoms with Gasteiger partial charge in [0.1, 0.15) is 0 Å². The van der Waals surface area contributed by atoms with Gasteiger partial charge in [0.05, 0.1) is 5.92 Å². The van der Waals surface area contributed by atoms with E-state index in [0.717, 1.165) is 25.7 Å². The van der Waals surface area contributed by atoms with Crippen LogP contribution in [0.5, 0.6) is 0 Å². The molecule has 1 N–H and O–H groups in total. The van der Waals surface area contributed by atoms with Crippen molar-refractivity contribution < 1.29 is 14.7 Å². The van der Waals surface area contributed by atoms with E-state index in [9.17, 15) is 9.59 Å². The summed E-state index contributed by atoms with van der Waals surface area (Å²) < 4.78 is 0. The molecule has 0 aliphatic carbocycles. The van der Waals surface area contributed by atoms with Crippen LogP contribution in [-0.4, -0.2) is 35.0 Å². The van der Waals surface area contributed by atoms with Crippen molar-refractivity contribution in [1.82, 2.24) is 4.90 Å². The Morgan fingerprint density at radius 2 is 2.12 bits per heavy atom. The highest BCUT2D eigenvalue weighted by atomic mass is 16.4. The molecule has 1 amide bonds. The fourth-order valence-corrected chi connectivity index (χ4v) is 2.37. The van der Waals surface area contributed by atoms with Gasteiger partial charge in [-0.25, -0.2) is 0 Å². The van der Waals surface area contributed by atoms with Gasteiger partial charge in [-0.15, -0.1) is 0 Å². The number of hydrogen-bond acceptors (Lipinski definition) is 2. The molecule has 1 fully saturated rings.